The SMILES string of the molecule is CC(C)(Cc1ccccc1SSc1ccccc1CC(C)(C)C(N)=O)C(N)=O. The summed E-state index contributed by atoms with van der Waals surface area (Å²) in [7, 11) is 3.30. The third-order valence-corrected chi connectivity index (χ3v) is 7.33. The highest BCUT2D eigenvalue weighted by Crippen LogP contribution is 2.42. The first-order valence-corrected chi connectivity index (χ1v) is 11.3. The van der Waals surface area contributed by atoms with Crippen LogP contribution in [0.2, 0.25) is 0 Å². The second-order valence-corrected chi connectivity index (χ2v) is 10.4. The average molecular weight is 417 g/mol. The molecule has 2 aromatic rings. The Kier molecular flexibility index (Phi) is 7.23. The maximum absolute atomic E-state index is 11.7. The Morgan fingerprint density at radius 2 is 1.04 bits per heavy atom. The number of amides is 2. The van der Waals surface area contributed by atoms with Gasteiger partial charge in [0.25, 0.3) is 0 Å². The first kappa shape index (κ1) is 22.4. The molecule has 2 amide bonds. The van der Waals surface area contributed by atoms with Crippen molar-refractivity contribution in [3.05, 3.63) is 59.7 Å². The lowest BCUT2D eigenvalue weighted by atomic mass is 9.85. The molecule has 0 radical (unpaired) electrons. The Hall–Kier alpha value is -1.92. The molecule has 2 rings (SSSR count). The molecule has 28 heavy (non-hydrogen) atoms. The van der Waals surface area contributed by atoms with Crippen LogP contribution >= 0.6 is 21.6 Å². The number of carbonyl (C=O) groups is 2. The third kappa shape index (κ3) is 5.79. The topological polar surface area (TPSA) is 86.2 Å². The number of benzene rings is 2. The predicted octanol–water partition coefficient (Wildman–Crippen LogP) is 4.59. The van der Waals surface area contributed by atoms with Crippen LogP contribution in [0, 0.1) is 10.8 Å². The molecule has 4 N–H and O–H groups in total. The predicted molar refractivity (Wildman–Crippen MR) is 118 cm³/mol. The zero-order valence-electron chi connectivity index (χ0n) is 16.8. The minimum atomic E-state index is -0.606. The highest BCUT2D eigenvalue weighted by Gasteiger charge is 2.27. The Balaban J connectivity index is 2.20. The van der Waals surface area contributed by atoms with E-state index in [0.29, 0.717) is 12.8 Å². The summed E-state index contributed by atoms with van der Waals surface area (Å²) in [6.45, 7) is 7.46. The molecule has 0 aliphatic rings. The van der Waals surface area contributed by atoms with Gasteiger partial charge >= 0.3 is 0 Å². The van der Waals surface area contributed by atoms with Crippen molar-refractivity contribution in [2.75, 3.05) is 0 Å². The van der Waals surface area contributed by atoms with Crippen LogP contribution in [-0.2, 0) is 22.4 Å². The number of hydrogen-bond acceptors (Lipinski definition) is 4. The van der Waals surface area contributed by atoms with Gasteiger partial charge in [-0.1, -0.05) is 85.7 Å². The van der Waals surface area contributed by atoms with E-state index in [-0.39, 0.29) is 11.8 Å². The van der Waals surface area contributed by atoms with Gasteiger partial charge in [-0.2, -0.15) is 0 Å². The zero-order valence-corrected chi connectivity index (χ0v) is 18.5. The van der Waals surface area contributed by atoms with Gasteiger partial charge < -0.3 is 11.5 Å². The highest BCUT2D eigenvalue weighted by molar-refractivity contribution is 8.76. The van der Waals surface area contributed by atoms with Crippen molar-refractivity contribution < 1.29 is 9.59 Å². The van der Waals surface area contributed by atoms with Gasteiger partial charge in [0.15, 0.2) is 0 Å². The fourth-order valence-electron chi connectivity index (χ4n) is 2.68. The van der Waals surface area contributed by atoms with Gasteiger partial charge in [-0.15, -0.1) is 0 Å². The lowest BCUT2D eigenvalue weighted by Crippen LogP contribution is -2.33. The summed E-state index contributed by atoms with van der Waals surface area (Å²) in [5.41, 5.74) is 12.1. The van der Waals surface area contributed by atoms with E-state index >= 15 is 0 Å². The molecule has 0 atom stereocenters. The first-order valence-electron chi connectivity index (χ1n) is 9.13. The smallest absolute Gasteiger partial charge is 0.223 e. The summed E-state index contributed by atoms with van der Waals surface area (Å²) in [6, 6.07) is 16.1. The summed E-state index contributed by atoms with van der Waals surface area (Å²) in [4.78, 5) is 25.6. The maximum Gasteiger partial charge on any atom is 0.223 e. The van der Waals surface area contributed by atoms with E-state index in [9.17, 15) is 9.59 Å². The quantitative estimate of drug-likeness (QED) is 0.585. The van der Waals surface area contributed by atoms with Crippen molar-refractivity contribution in [3.63, 3.8) is 0 Å². The normalized spacial score (nSPS) is 12.0. The van der Waals surface area contributed by atoms with E-state index in [2.05, 4.69) is 12.1 Å². The molecule has 0 bridgehead atoms. The molecule has 6 heteroatoms. The number of nitrogens with two attached hydrogens (primary N) is 2. The number of rotatable bonds is 9. The van der Waals surface area contributed by atoms with E-state index in [1.807, 2.05) is 64.1 Å². The maximum atomic E-state index is 11.7. The zero-order chi connectivity index (χ0) is 20.9. The minimum absolute atomic E-state index is 0.306. The monoisotopic (exact) mass is 416 g/mol. The average Bonchev–Trinajstić information content (AvgIpc) is 2.61. The molecule has 0 heterocycles. The molecular formula is C22H28N2O2S2. The summed E-state index contributed by atoms with van der Waals surface area (Å²) in [6.07, 6.45) is 1.17. The highest BCUT2D eigenvalue weighted by atomic mass is 33.1. The fourth-order valence-corrected chi connectivity index (χ4v) is 5.14. The van der Waals surface area contributed by atoms with Crippen LogP contribution in [-0.4, -0.2) is 11.8 Å². The standard InChI is InChI=1S/C22H28N2O2S2/c1-21(2,19(23)25)13-15-9-5-7-11-17(15)27-28-18-12-8-6-10-16(18)14-22(3,4)20(24)26/h5-12H,13-14H2,1-4H3,(H2,23,25)(H2,24,26). The molecular weight excluding hydrogens is 388 g/mol. The molecule has 0 saturated heterocycles. The number of carbonyl (C=O) groups excluding carboxylic acids is 2. The van der Waals surface area contributed by atoms with E-state index in [1.165, 1.54) is 0 Å². The van der Waals surface area contributed by atoms with Crippen molar-refractivity contribution >= 4 is 33.4 Å². The third-order valence-electron chi connectivity index (χ3n) is 4.77. The Labute approximate surface area is 175 Å². The fraction of sp³-hybridized carbons (Fsp3) is 0.364. The van der Waals surface area contributed by atoms with Crippen molar-refractivity contribution in [1.82, 2.24) is 0 Å². The van der Waals surface area contributed by atoms with Crippen LogP contribution < -0.4 is 11.5 Å². The second-order valence-electron chi connectivity index (χ2n) is 8.23. The lowest BCUT2D eigenvalue weighted by Gasteiger charge is -2.23. The van der Waals surface area contributed by atoms with E-state index < -0.39 is 10.8 Å². The van der Waals surface area contributed by atoms with Gasteiger partial charge in [-0.3, -0.25) is 9.59 Å². The molecule has 150 valence electrons. The first-order chi connectivity index (χ1) is 13.0. The summed E-state index contributed by atoms with van der Waals surface area (Å²) in [5.74, 6) is -0.613. The molecule has 0 spiro atoms. The molecule has 4 nitrogen and oxygen atoms in total. The molecule has 0 saturated carbocycles. The Morgan fingerprint density at radius 3 is 1.36 bits per heavy atom. The lowest BCUT2D eigenvalue weighted by molar-refractivity contribution is -0.126. The van der Waals surface area contributed by atoms with Crippen molar-refractivity contribution in [2.45, 2.75) is 50.3 Å². The molecule has 0 aromatic heterocycles. The van der Waals surface area contributed by atoms with E-state index in [4.69, 9.17) is 11.5 Å². The molecule has 0 aliphatic heterocycles. The van der Waals surface area contributed by atoms with E-state index in [0.717, 1.165) is 20.9 Å². The minimum Gasteiger partial charge on any atom is -0.369 e. The summed E-state index contributed by atoms with van der Waals surface area (Å²) < 4.78 is 0. The molecule has 0 unspecified atom stereocenters. The molecule has 0 fully saturated rings. The van der Waals surface area contributed by atoms with Crippen LogP contribution in [0.15, 0.2) is 58.3 Å². The van der Waals surface area contributed by atoms with Crippen molar-refractivity contribution in [1.29, 1.82) is 0 Å². The second kappa shape index (κ2) is 9.05. The van der Waals surface area contributed by atoms with Gasteiger partial charge in [-0.05, 0) is 36.1 Å². The Morgan fingerprint density at radius 1 is 0.714 bits per heavy atom. The van der Waals surface area contributed by atoms with E-state index in [1.54, 1.807) is 21.6 Å². The van der Waals surface area contributed by atoms with Gasteiger partial charge in [0.2, 0.25) is 11.8 Å². The summed E-state index contributed by atoms with van der Waals surface area (Å²) in [5, 5.41) is 0. The van der Waals surface area contributed by atoms with Gasteiger partial charge in [0.1, 0.15) is 0 Å². The van der Waals surface area contributed by atoms with Crippen LogP contribution in [0.3, 0.4) is 0 Å². The van der Waals surface area contributed by atoms with Crippen LogP contribution in [0.1, 0.15) is 38.8 Å². The van der Waals surface area contributed by atoms with Crippen LogP contribution in [0.25, 0.3) is 0 Å². The number of hydrogen-bond donors (Lipinski definition) is 2. The molecule has 2 aromatic carbocycles. The van der Waals surface area contributed by atoms with Crippen LogP contribution in [0.4, 0.5) is 0 Å². The largest absolute Gasteiger partial charge is 0.369 e. The van der Waals surface area contributed by atoms with Gasteiger partial charge in [0, 0.05) is 20.6 Å². The van der Waals surface area contributed by atoms with Gasteiger partial charge in [0.05, 0.1) is 0 Å². The number of primary amides is 2. The van der Waals surface area contributed by atoms with Crippen molar-refractivity contribution in [3.8, 4) is 0 Å². The Bertz CT molecular complexity index is 792. The van der Waals surface area contributed by atoms with Crippen LogP contribution in [0.5, 0.6) is 0 Å². The summed E-state index contributed by atoms with van der Waals surface area (Å²) >= 11 is 0. The van der Waals surface area contributed by atoms with Gasteiger partial charge in [-0.25, -0.2) is 0 Å². The van der Waals surface area contributed by atoms with Crippen molar-refractivity contribution in [2.24, 2.45) is 22.3 Å². The molecule has 0 aliphatic carbocycles.